The summed E-state index contributed by atoms with van der Waals surface area (Å²) in [6.45, 7) is 9.20. The summed E-state index contributed by atoms with van der Waals surface area (Å²) >= 11 is 0. The Balaban J connectivity index is 2.90. The van der Waals surface area contributed by atoms with Crippen LogP contribution in [0.2, 0.25) is 0 Å². The van der Waals surface area contributed by atoms with Crippen molar-refractivity contribution in [3.63, 3.8) is 0 Å². The zero-order valence-electron chi connectivity index (χ0n) is 21.2. The van der Waals surface area contributed by atoms with Gasteiger partial charge in [0.2, 0.25) is 23.5 Å². The maximum Gasteiger partial charge on any atom is 0.320 e. The fraction of sp³-hybridized carbons (Fsp3) is 0.667. The predicted molar refractivity (Wildman–Crippen MR) is 131 cm³/mol. The van der Waals surface area contributed by atoms with Crippen molar-refractivity contribution in [1.29, 1.82) is 0 Å². The Morgan fingerprint density at radius 2 is 1.81 bits per heavy atom. The number of likely N-dealkylation sites (tertiary alicyclic amines) is 1. The Hall–Kier alpha value is -3.28. The largest absolute Gasteiger partial charge is 0.480 e. The summed E-state index contributed by atoms with van der Waals surface area (Å²) in [4.78, 5) is 75.6. The molecule has 202 valence electrons. The third-order valence-corrected chi connectivity index (χ3v) is 5.93. The molecule has 4 amide bonds. The normalized spacial score (nSPS) is 17.6. The van der Waals surface area contributed by atoms with Crippen LogP contribution in [0, 0.1) is 5.92 Å². The van der Waals surface area contributed by atoms with Crippen LogP contribution in [0.3, 0.4) is 0 Å². The number of carbonyl (C=O) groups excluding carboxylic acids is 5. The second kappa shape index (κ2) is 15.0. The van der Waals surface area contributed by atoms with Crippen molar-refractivity contribution in [1.82, 2.24) is 20.9 Å². The van der Waals surface area contributed by atoms with E-state index in [4.69, 9.17) is 10.8 Å². The second-order valence-electron chi connectivity index (χ2n) is 9.18. The lowest BCUT2D eigenvalue weighted by molar-refractivity contribution is -0.144. The highest BCUT2D eigenvalue weighted by atomic mass is 16.4. The molecule has 0 aromatic rings. The third kappa shape index (κ3) is 9.06. The maximum atomic E-state index is 13.3. The molecule has 0 bridgehead atoms. The first kappa shape index (κ1) is 30.8. The summed E-state index contributed by atoms with van der Waals surface area (Å²) in [7, 11) is 0. The van der Waals surface area contributed by atoms with Gasteiger partial charge < -0.3 is 31.7 Å². The summed E-state index contributed by atoms with van der Waals surface area (Å²) in [6.07, 6.45) is 2.93. The van der Waals surface area contributed by atoms with Crippen LogP contribution in [0.1, 0.15) is 59.3 Å². The molecule has 4 unspecified atom stereocenters. The smallest absolute Gasteiger partial charge is 0.320 e. The lowest BCUT2D eigenvalue weighted by Gasteiger charge is -2.31. The molecule has 0 radical (unpaired) electrons. The maximum absolute atomic E-state index is 13.3. The Morgan fingerprint density at radius 1 is 1.14 bits per heavy atom. The SMILES string of the molecule is C=CCNC(=O)C(=O)C(CCC)NC(=O)C1CCCN1C(=O)C(NC(=O)CCC(N)C(=O)O)C(C)C. The van der Waals surface area contributed by atoms with Crippen molar-refractivity contribution in [3.05, 3.63) is 12.7 Å². The fourth-order valence-electron chi connectivity index (χ4n) is 3.89. The number of rotatable bonds is 15. The lowest BCUT2D eigenvalue weighted by Crippen LogP contribution is -2.57. The van der Waals surface area contributed by atoms with E-state index in [0.29, 0.717) is 25.8 Å². The van der Waals surface area contributed by atoms with Crippen LogP contribution < -0.4 is 21.7 Å². The van der Waals surface area contributed by atoms with E-state index in [0.717, 1.165) is 0 Å². The molecule has 0 spiro atoms. The molecule has 1 aliphatic heterocycles. The highest BCUT2D eigenvalue weighted by Gasteiger charge is 2.40. The monoisotopic (exact) mass is 509 g/mol. The number of carbonyl (C=O) groups is 6. The highest BCUT2D eigenvalue weighted by molar-refractivity contribution is 6.38. The van der Waals surface area contributed by atoms with Gasteiger partial charge in [0, 0.05) is 19.5 Å². The minimum atomic E-state index is -1.22. The molecule has 1 aliphatic rings. The highest BCUT2D eigenvalue weighted by Crippen LogP contribution is 2.21. The quantitative estimate of drug-likeness (QED) is 0.144. The topological polar surface area (TPSA) is 188 Å². The molecular weight excluding hydrogens is 470 g/mol. The molecule has 1 saturated heterocycles. The number of ketones is 1. The number of carboxylic acids is 1. The van der Waals surface area contributed by atoms with Crippen molar-refractivity contribution in [2.24, 2.45) is 11.7 Å². The first-order valence-corrected chi connectivity index (χ1v) is 12.3. The van der Waals surface area contributed by atoms with E-state index in [1.54, 1.807) is 13.8 Å². The Bertz CT molecular complexity index is 845. The number of nitrogens with one attached hydrogen (secondary N) is 3. The average molecular weight is 510 g/mol. The van der Waals surface area contributed by atoms with Crippen LogP contribution in [0.4, 0.5) is 0 Å². The minimum absolute atomic E-state index is 0.0812. The van der Waals surface area contributed by atoms with Crippen LogP contribution in [-0.2, 0) is 28.8 Å². The van der Waals surface area contributed by atoms with Gasteiger partial charge in [-0.2, -0.15) is 0 Å². The molecule has 1 heterocycles. The Kier molecular flexibility index (Phi) is 12.8. The van der Waals surface area contributed by atoms with Gasteiger partial charge in [0.1, 0.15) is 18.1 Å². The van der Waals surface area contributed by atoms with Gasteiger partial charge in [-0.1, -0.05) is 33.3 Å². The van der Waals surface area contributed by atoms with Gasteiger partial charge >= 0.3 is 5.97 Å². The molecule has 12 heteroatoms. The first-order valence-electron chi connectivity index (χ1n) is 12.3. The standard InChI is InChI=1S/C24H39N5O7/c1-5-8-16(20(31)22(33)26-12-6-2)27-21(32)17-9-7-13-29(17)23(34)19(14(3)4)28-18(30)11-10-15(25)24(35)36/h6,14-17,19H,2,5,7-13,25H2,1,3-4H3,(H,26,33)(H,27,32)(H,28,30)(H,35,36). The number of nitrogens with two attached hydrogens (primary N) is 1. The van der Waals surface area contributed by atoms with Crippen molar-refractivity contribution in [2.75, 3.05) is 13.1 Å². The number of aliphatic carboxylic acids is 1. The van der Waals surface area contributed by atoms with Gasteiger partial charge in [0.25, 0.3) is 5.91 Å². The first-order chi connectivity index (χ1) is 16.9. The van der Waals surface area contributed by atoms with Gasteiger partial charge in [-0.3, -0.25) is 28.8 Å². The summed E-state index contributed by atoms with van der Waals surface area (Å²) in [5.74, 6) is -4.61. The Morgan fingerprint density at radius 3 is 2.36 bits per heavy atom. The predicted octanol–water partition coefficient (Wildman–Crippen LogP) is -0.533. The van der Waals surface area contributed by atoms with Crippen LogP contribution in [0.5, 0.6) is 0 Å². The number of Topliss-reactive ketones (excluding diaryl/α,β-unsaturated/α-hetero) is 1. The second-order valence-corrected chi connectivity index (χ2v) is 9.18. The fourth-order valence-corrected chi connectivity index (χ4v) is 3.89. The molecule has 0 aromatic carbocycles. The minimum Gasteiger partial charge on any atom is -0.480 e. The van der Waals surface area contributed by atoms with Crippen LogP contribution in [0.25, 0.3) is 0 Å². The summed E-state index contributed by atoms with van der Waals surface area (Å²) in [6, 6.07) is -3.98. The molecule has 1 rings (SSSR count). The number of nitrogens with zero attached hydrogens (tertiary/aromatic N) is 1. The summed E-state index contributed by atoms with van der Waals surface area (Å²) in [5.41, 5.74) is 5.44. The molecule has 0 aliphatic carbocycles. The van der Waals surface area contributed by atoms with E-state index in [2.05, 4.69) is 22.5 Å². The van der Waals surface area contributed by atoms with Gasteiger partial charge in [0.05, 0.1) is 6.04 Å². The van der Waals surface area contributed by atoms with E-state index in [9.17, 15) is 28.8 Å². The van der Waals surface area contributed by atoms with Crippen molar-refractivity contribution in [3.8, 4) is 0 Å². The van der Waals surface area contributed by atoms with E-state index >= 15 is 0 Å². The van der Waals surface area contributed by atoms with Crippen LogP contribution >= 0.6 is 0 Å². The number of carboxylic acid groups (broad SMARTS) is 1. The molecule has 36 heavy (non-hydrogen) atoms. The van der Waals surface area contributed by atoms with Crippen molar-refractivity contribution >= 4 is 35.4 Å². The molecule has 0 saturated carbocycles. The molecule has 1 fully saturated rings. The zero-order valence-corrected chi connectivity index (χ0v) is 21.2. The summed E-state index contributed by atoms with van der Waals surface area (Å²) in [5, 5.41) is 16.5. The van der Waals surface area contributed by atoms with E-state index < -0.39 is 59.5 Å². The van der Waals surface area contributed by atoms with E-state index in [-0.39, 0.29) is 31.7 Å². The molecule has 12 nitrogen and oxygen atoms in total. The van der Waals surface area contributed by atoms with Crippen molar-refractivity contribution < 1.29 is 33.9 Å². The zero-order chi connectivity index (χ0) is 27.4. The number of hydrogen-bond donors (Lipinski definition) is 5. The van der Waals surface area contributed by atoms with Crippen molar-refractivity contribution in [2.45, 2.75) is 83.5 Å². The Labute approximate surface area is 211 Å². The molecule has 6 N–H and O–H groups in total. The molecule has 0 aromatic heterocycles. The number of hydrogen-bond acceptors (Lipinski definition) is 7. The van der Waals surface area contributed by atoms with Gasteiger partial charge in [-0.15, -0.1) is 6.58 Å². The summed E-state index contributed by atoms with van der Waals surface area (Å²) < 4.78 is 0. The van der Waals surface area contributed by atoms with Gasteiger partial charge in [-0.25, -0.2) is 0 Å². The van der Waals surface area contributed by atoms with Gasteiger partial charge in [0.15, 0.2) is 0 Å². The van der Waals surface area contributed by atoms with Crippen LogP contribution in [-0.4, -0.2) is 82.6 Å². The average Bonchev–Trinajstić information content (AvgIpc) is 3.33. The molecule has 4 atom stereocenters. The van der Waals surface area contributed by atoms with Crippen LogP contribution in [0.15, 0.2) is 12.7 Å². The third-order valence-electron chi connectivity index (χ3n) is 5.93. The van der Waals surface area contributed by atoms with E-state index in [1.807, 2.05) is 6.92 Å². The molecular formula is C24H39N5O7. The number of amides is 4. The van der Waals surface area contributed by atoms with Gasteiger partial charge in [-0.05, 0) is 31.6 Å². The lowest BCUT2D eigenvalue weighted by atomic mass is 10.0. The van der Waals surface area contributed by atoms with E-state index in [1.165, 1.54) is 11.0 Å².